The largest absolute Gasteiger partial charge is 0.369 e. The molecule has 2 aromatic carbocycles. The minimum absolute atomic E-state index is 0.621. The van der Waals surface area contributed by atoms with Crippen molar-refractivity contribution in [3.63, 3.8) is 0 Å². The Kier molecular flexibility index (Phi) is 4.53. The van der Waals surface area contributed by atoms with Crippen LogP contribution in [0.1, 0.15) is 11.1 Å². The second-order valence-corrected chi connectivity index (χ2v) is 5.62. The number of benzene rings is 2. The summed E-state index contributed by atoms with van der Waals surface area (Å²) in [5, 5.41) is 0. The van der Waals surface area contributed by atoms with E-state index in [0.29, 0.717) is 6.54 Å². The molecule has 0 unspecified atom stereocenters. The van der Waals surface area contributed by atoms with Gasteiger partial charge in [0.2, 0.25) is 0 Å². The van der Waals surface area contributed by atoms with E-state index in [9.17, 15) is 0 Å². The summed E-state index contributed by atoms with van der Waals surface area (Å²) in [5.41, 5.74) is 9.55. The number of piperazine rings is 1. The molecule has 2 aromatic rings. The van der Waals surface area contributed by atoms with Crippen LogP contribution in [-0.2, 0) is 13.1 Å². The molecule has 1 saturated heterocycles. The van der Waals surface area contributed by atoms with Crippen LogP contribution in [-0.4, -0.2) is 31.1 Å². The minimum Gasteiger partial charge on any atom is -0.369 e. The van der Waals surface area contributed by atoms with E-state index in [1.165, 1.54) is 16.8 Å². The summed E-state index contributed by atoms with van der Waals surface area (Å²) in [4.78, 5) is 4.99. The zero-order valence-electron chi connectivity index (χ0n) is 12.4. The van der Waals surface area contributed by atoms with Crippen LogP contribution in [0, 0.1) is 0 Å². The van der Waals surface area contributed by atoms with E-state index >= 15 is 0 Å². The number of nitrogens with two attached hydrogens (primary N) is 1. The number of hydrogen-bond acceptors (Lipinski definition) is 3. The van der Waals surface area contributed by atoms with Gasteiger partial charge in [-0.3, -0.25) is 4.90 Å². The summed E-state index contributed by atoms with van der Waals surface area (Å²) in [6, 6.07) is 19.4. The van der Waals surface area contributed by atoms with Gasteiger partial charge in [0.15, 0.2) is 0 Å². The van der Waals surface area contributed by atoms with Gasteiger partial charge in [-0.05, 0) is 23.3 Å². The first-order chi connectivity index (χ1) is 10.3. The van der Waals surface area contributed by atoms with Crippen molar-refractivity contribution in [3.05, 3.63) is 65.7 Å². The Labute approximate surface area is 127 Å². The summed E-state index contributed by atoms with van der Waals surface area (Å²) < 4.78 is 0. The Hall–Kier alpha value is -1.84. The number of para-hydroxylation sites is 1. The van der Waals surface area contributed by atoms with Gasteiger partial charge in [0.1, 0.15) is 0 Å². The number of anilines is 1. The lowest BCUT2D eigenvalue weighted by Crippen LogP contribution is -2.45. The van der Waals surface area contributed by atoms with Crippen LogP contribution in [0.3, 0.4) is 0 Å². The van der Waals surface area contributed by atoms with Gasteiger partial charge in [0, 0.05) is 45.0 Å². The molecule has 3 rings (SSSR count). The number of rotatable bonds is 4. The lowest BCUT2D eigenvalue weighted by Gasteiger charge is -2.36. The predicted molar refractivity (Wildman–Crippen MR) is 88.3 cm³/mol. The van der Waals surface area contributed by atoms with Gasteiger partial charge in [-0.25, -0.2) is 0 Å². The highest BCUT2D eigenvalue weighted by Crippen LogP contribution is 2.16. The van der Waals surface area contributed by atoms with Crippen molar-refractivity contribution in [2.45, 2.75) is 13.1 Å². The van der Waals surface area contributed by atoms with Gasteiger partial charge in [-0.15, -0.1) is 0 Å². The van der Waals surface area contributed by atoms with Gasteiger partial charge in [-0.1, -0.05) is 42.5 Å². The fourth-order valence-electron chi connectivity index (χ4n) is 2.84. The van der Waals surface area contributed by atoms with Gasteiger partial charge in [0.05, 0.1) is 0 Å². The first-order valence-electron chi connectivity index (χ1n) is 7.65. The molecule has 1 aliphatic rings. The molecule has 110 valence electrons. The third-order valence-corrected chi connectivity index (χ3v) is 4.16. The number of nitrogens with zero attached hydrogens (tertiary/aromatic N) is 2. The molecule has 2 N–H and O–H groups in total. The Morgan fingerprint density at radius 2 is 1.38 bits per heavy atom. The quantitative estimate of drug-likeness (QED) is 0.934. The Balaban J connectivity index is 1.53. The van der Waals surface area contributed by atoms with E-state index in [4.69, 9.17) is 5.73 Å². The van der Waals surface area contributed by atoms with Gasteiger partial charge < -0.3 is 10.6 Å². The van der Waals surface area contributed by atoms with Gasteiger partial charge >= 0.3 is 0 Å². The molecule has 0 saturated carbocycles. The zero-order chi connectivity index (χ0) is 14.5. The Morgan fingerprint density at radius 1 is 0.762 bits per heavy atom. The molecule has 21 heavy (non-hydrogen) atoms. The topological polar surface area (TPSA) is 32.5 Å². The molecule has 0 aromatic heterocycles. The highest BCUT2D eigenvalue weighted by molar-refractivity contribution is 5.46. The van der Waals surface area contributed by atoms with Crippen molar-refractivity contribution >= 4 is 5.69 Å². The van der Waals surface area contributed by atoms with Crippen molar-refractivity contribution in [3.8, 4) is 0 Å². The first kappa shape index (κ1) is 14.1. The van der Waals surface area contributed by atoms with Crippen molar-refractivity contribution < 1.29 is 0 Å². The molecule has 0 amide bonds. The highest BCUT2D eigenvalue weighted by Gasteiger charge is 2.16. The normalized spacial score (nSPS) is 16.1. The van der Waals surface area contributed by atoms with Crippen molar-refractivity contribution in [2.75, 3.05) is 31.1 Å². The SMILES string of the molecule is NCc1ccc(CN2CCN(c3ccccc3)CC2)cc1. The second-order valence-electron chi connectivity index (χ2n) is 5.62. The summed E-state index contributed by atoms with van der Waals surface area (Å²) in [5.74, 6) is 0. The summed E-state index contributed by atoms with van der Waals surface area (Å²) in [7, 11) is 0. The average Bonchev–Trinajstić information content (AvgIpc) is 2.57. The molecule has 0 atom stereocenters. The molecule has 3 nitrogen and oxygen atoms in total. The monoisotopic (exact) mass is 281 g/mol. The molecule has 0 radical (unpaired) electrons. The molecule has 3 heteroatoms. The van der Waals surface area contributed by atoms with E-state index in [2.05, 4.69) is 64.4 Å². The number of hydrogen-bond donors (Lipinski definition) is 1. The third-order valence-electron chi connectivity index (χ3n) is 4.16. The van der Waals surface area contributed by atoms with Crippen molar-refractivity contribution in [1.29, 1.82) is 0 Å². The van der Waals surface area contributed by atoms with Crippen molar-refractivity contribution in [1.82, 2.24) is 4.90 Å². The average molecular weight is 281 g/mol. The van der Waals surface area contributed by atoms with E-state index < -0.39 is 0 Å². The van der Waals surface area contributed by atoms with Crippen LogP contribution in [0.25, 0.3) is 0 Å². The molecular formula is C18H23N3. The Morgan fingerprint density at radius 3 is 2.00 bits per heavy atom. The maximum Gasteiger partial charge on any atom is 0.0367 e. The molecule has 0 spiro atoms. The van der Waals surface area contributed by atoms with Gasteiger partial charge in [0.25, 0.3) is 0 Å². The predicted octanol–water partition coefficient (Wildman–Crippen LogP) is 2.47. The molecule has 0 bridgehead atoms. The second kappa shape index (κ2) is 6.74. The molecule has 1 heterocycles. The van der Waals surface area contributed by atoms with Gasteiger partial charge in [-0.2, -0.15) is 0 Å². The minimum atomic E-state index is 0.621. The molecular weight excluding hydrogens is 258 g/mol. The molecule has 0 aliphatic carbocycles. The molecule has 1 aliphatic heterocycles. The van der Waals surface area contributed by atoms with E-state index in [-0.39, 0.29) is 0 Å². The maximum absolute atomic E-state index is 5.64. The van der Waals surface area contributed by atoms with E-state index in [1.54, 1.807) is 0 Å². The lowest BCUT2D eigenvalue weighted by molar-refractivity contribution is 0.250. The van der Waals surface area contributed by atoms with Crippen LogP contribution in [0.5, 0.6) is 0 Å². The fourth-order valence-corrected chi connectivity index (χ4v) is 2.84. The Bertz CT molecular complexity index is 542. The van der Waals surface area contributed by atoms with Crippen LogP contribution in [0.4, 0.5) is 5.69 Å². The van der Waals surface area contributed by atoms with E-state index in [1.807, 2.05) is 0 Å². The van der Waals surface area contributed by atoms with Crippen LogP contribution in [0.2, 0.25) is 0 Å². The van der Waals surface area contributed by atoms with Crippen LogP contribution in [0.15, 0.2) is 54.6 Å². The first-order valence-corrected chi connectivity index (χ1v) is 7.65. The van der Waals surface area contributed by atoms with Crippen molar-refractivity contribution in [2.24, 2.45) is 5.73 Å². The molecule has 1 fully saturated rings. The summed E-state index contributed by atoms with van der Waals surface area (Å²) >= 11 is 0. The summed E-state index contributed by atoms with van der Waals surface area (Å²) in [6.07, 6.45) is 0. The summed E-state index contributed by atoms with van der Waals surface area (Å²) in [6.45, 7) is 6.10. The lowest BCUT2D eigenvalue weighted by atomic mass is 10.1. The van der Waals surface area contributed by atoms with Crippen LogP contribution >= 0.6 is 0 Å². The fraction of sp³-hybridized carbons (Fsp3) is 0.333. The van der Waals surface area contributed by atoms with E-state index in [0.717, 1.165) is 32.7 Å². The smallest absolute Gasteiger partial charge is 0.0367 e. The standard InChI is InChI=1S/C18H23N3/c19-14-16-6-8-17(9-7-16)15-20-10-12-21(13-11-20)18-4-2-1-3-5-18/h1-9H,10-15,19H2. The highest BCUT2D eigenvalue weighted by atomic mass is 15.3. The van der Waals surface area contributed by atoms with Crippen LogP contribution < -0.4 is 10.6 Å². The third kappa shape index (κ3) is 3.63. The zero-order valence-corrected chi connectivity index (χ0v) is 12.4. The maximum atomic E-state index is 5.64.